The first-order valence-corrected chi connectivity index (χ1v) is 7.70. The summed E-state index contributed by atoms with van der Waals surface area (Å²) >= 11 is 0. The van der Waals surface area contributed by atoms with Crippen LogP contribution < -0.4 is 16.6 Å². The van der Waals surface area contributed by atoms with Gasteiger partial charge in [-0.15, -0.1) is 12.4 Å². The second-order valence-electron chi connectivity index (χ2n) is 5.98. The number of aromatic nitrogens is 2. The minimum absolute atomic E-state index is 0. The van der Waals surface area contributed by atoms with Crippen molar-refractivity contribution in [2.24, 2.45) is 11.7 Å². The smallest absolute Gasteiger partial charge is 0.271 e. The first-order chi connectivity index (χ1) is 11.0. The minimum atomic E-state index is -0.331. The van der Waals surface area contributed by atoms with Gasteiger partial charge >= 0.3 is 0 Å². The van der Waals surface area contributed by atoms with Crippen molar-refractivity contribution >= 4 is 12.4 Å². The summed E-state index contributed by atoms with van der Waals surface area (Å²) in [5, 5.41) is 7.44. The molecule has 1 aromatic carbocycles. The second-order valence-corrected chi connectivity index (χ2v) is 5.98. The van der Waals surface area contributed by atoms with Crippen LogP contribution in [0.2, 0.25) is 0 Å². The Hall–Kier alpha value is -1.76. The van der Waals surface area contributed by atoms with Crippen LogP contribution in [0.5, 0.6) is 0 Å². The molecule has 3 N–H and O–H groups in total. The molecule has 0 radical (unpaired) electrons. The van der Waals surface area contributed by atoms with Crippen molar-refractivity contribution in [2.45, 2.75) is 33.5 Å². The molecule has 0 spiro atoms. The van der Waals surface area contributed by atoms with Gasteiger partial charge in [0, 0.05) is 36.3 Å². The fourth-order valence-corrected chi connectivity index (χ4v) is 2.42. The van der Waals surface area contributed by atoms with Gasteiger partial charge in [-0.05, 0) is 37.2 Å². The number of hydrogen-bond donors (Lipinski definition) is 2. The SMILES string of the molecule is CNCc1cc(-c2ccc(F)c(CN)c2)nn(CC(C)C)c1=O.Cl. The average molecular weight is 355 g/mol. The van der Waals surface area contributed by atoms with Crippen molar-refractivity contribution < 1.29 is 4.39 Å². The minimum Gasteiger partial charge on any atom is -0.326 e. The zero-order valence-corrected chi connectivity index (χ0v) is 15.0. The van der Waals surface area contributed by atoms with Crippen LogP contribution >= 0.6 is 12.4 Å². The van der Waals surface area contributed by atoms with Crippen LogP contribution in [0.3, 0.4) is 0 Å². The summed E-state index contributed by atoms with van der Waals surface area (Å²) in [4.78, 5) is 12.4. The Morgan fingerprint density at radius 2 is 2.00 bits per heavy atom. The van der Waals surface area contributed by atoms with Crippen LogP contribution in [0.15, 0.2) is 29.1 Å². The molecule has 1 aromatic heterocycles. The molecule has 0 aliphatic rings. The predicted molar refractivity (Wildman–Crippen MR) is 96.6 cm³/mol. The third-order valence-corrected chi connectivity index (χ3v) is 3.52. The summed E-state index contributed by atoms with van der Waals surface area (Å²) < 4.78 is 15.1. The molecule has 0 saturated heterocycles. The Morgan fingerprint density at radius 1 is 1.29 bits per heavy atom. The van der Waals surface area contributed by atoms with Gasteiger partial charge in [-0.25, -0.2) is 9.07 Å². The Morgan fingerprint density at radius 3 is 2.58 bits per heavy atom. The van der Waals surface area contributed by atoms with Gasteiger partial charge in [0.2, 0.25) is 0 Å². The molecule has 2 rings (SSSR count). The van der Waals surface area contributed by atoms with Crippen molar-refractivity contribution in [2.75, 3.05) is 7.05 Å². The quantitative estimate of drug-likeness (QED) is 0.835. The average Bonchev–Trinajstić information content (AvgIpc) is 2.51. The summed E-state index contributed by atoms with van der Waals surface area (Å²) in [5.41, 5.74) is 7.93. The Balaban J connectivity index is 0.00000288. The first-order valence-electron chi connectivity index (χ1n) is 7.70. The highest BCUT2D eigenvalue weighted by Gasteiger charge is 2.12. The molecule has 0 unspecified atom stereocenters. The van der Waals surface area contributed by atoms with Crippen LogP contribution in [0.1, 0.15) is 25.0 Å². The maximum absolute atomic E-state index is 13.6. The Labute approximate surface area is 147 Å². The number of benzene rings is 1. The fourth-order valence-electron chi connectivity index (χ4n) is 2.42. The molecule has 0 aliphatic heterocycles. The van der Waals surface area contributed by atoms with E-state index in [1.165, 1.54) is 10.7 Å². The molecular weight excluding hydrogens is 331 g/mol. The lowest BCUT2D eigenvalue weighted by Gasteiger charge is -2.13. The maximum Gasteiger partial charge on any atom is 0.271 e. The monoisotopic (exact) mass is 354 g/mol. The van der Waals surface area contributed by atoms with Gasteiger partial charge in [0.15, 0.2) is 0 Å². The zero-order valence-electron chi connectivity index (χ0n) is 14.2. The summed E-state index contributed by atoms with van der Waals surface area (Å²) in [5.74, 6) is -0.0343. The van der Waals surface area contributed by atoms with E-state index in [4.69, 9.17) is 5.73 Å². The van der Waals surface area contributed by atoms with Gasteiger partial charge in [0.25, 0.3) is 5.56 Å². The van der Waals surface area contributed by atoms with Gasteiger partial charge < -0.3 is 11.1 Å². The van der Waals surface area contributed by atoms with E-state index in [1.807, 2.05) is 13.8 Å². The molecular formula is C17H24ClFN4O. The van der Waals surface area contributed by atoms with Crippen molar-refractivity contribution in [1.29, 1.82) is 0 Å². The van der Waals surface area contributed by atoms with Crippen LogP contribution in [0.25, 0.3) is 11.3 Å². The molecule has 132 valence electrons. The van der Waals surface area contributed by atoms with Crippen molar-refractivity contribution in [3.63, 3.8) is 0 Å². The van der Waals surface area contributed by atoms with Crippen LogP contribution in [-0.4, -0.2) is 16.8 Å². The predicted octanol–water partition coefficient (Wildman–Crippen LogP) is 2.31. The highest BCUT2D eigenvalue weighted by atomic mass is 35.5. The summed E-state index contributed by atoms with van der Waals surface area (Å²) in [6.07, 6.45) is 0. The highest BCUT2D eigenvalue weighted by Crippen LogP contribution is 2.20. The van der Waals surface area contributed by atoms with E-state index < -0.39 is 0 Å². The van der Waals surface area contributed by atoms with Crippen LogP contribution in [0, 0.1) is 11.7 Å². The van der Waals surface area contributed by atoms with Gasteiger partial charge in [-0.3, -0.25) is 4.79 Å². The standard InChI is InChI=1S/C17H23FN4O.ClH/c1-11(2)10-22-17(23)14(9-20-3)7-16(21-22)12-4-5-15(18)13(6-12)8-19;/h4-7,11,20H,8-10,19H2,1-3H3;1H. The molecule has 2 aromatic rings. The highest BCUT2D eigenvalue weighted by molar-refractivity contribution is 5.85. The largest absolute Gasteiger partial charge is 0.326 e. The van der Waals surface area contributed by atoms with E-state index in [1.54, 1.807) is 25.2 Å². The number of nitrogens with two attached hydrogens (primary N) is 1. The molecule has 24 heavy (non-hydrogen) atoms. The molecule has 0 saturated carbocycles. The number of nitrogens with one attached hydrogen (secondary N) is 1. The van der Waals surface area contributed by atoms with Crippen molar-refractivity contribution in [3.05, 3.63) is 51.6 Å². The molecule has 7 heteroatoms. The number of hydrogen-bond acceptors (Lipinski definition) is 4. The number of halogens is 2. The van der Waals surface area contributed by atoms with Gasteiger partial charge in [0.05, 0.1) is 5.69 Å². The van der Waals surface area contributed by atoms with Crippen molar-refractivity contribution in [3.8, 4) is 11.3 Å². The molecule has 0 fully saturated rings. The lowest BCUT2D eigenvalue weighted by molar-refractivity contribution is 0.461. The van der Waals surface area contributed by atoms with E-state index in [2.05, 4.69) is 10.4 Å². The molecule has 0 aliphatic carbocycles. The van der Waals surface area contributed by atoms with E-state index >= 15 is 0 Å². The normalized spacial score (nSPS) is 10.8. The zero-order chi connectivity index (χ0) is 17.0. The Bertz CT molecular complexity index is 746. The molecule has 5 nitrogen and oxygen atoms in total. The van der Waals surface area contributed by atoms with Crippen LogP contribution in [-0.2, 0) is 19.6 Å². The Kier molecular flexibility index (Phi) is 7.54. The van der Waals surface area contributed by atoms with E-state index in [-0.39, 0.29) is 30.3 Å². The summed E-state index contributed by atoms with van der Waals surface area (Å²) in [6, 6.07) is 6.48. The topological polar surface area (TPSA) is 72.9 Å². The third-order valence-electron chi connectivity index (χ3n) is 3.52. The molecule has 0 bridgehead atoms. The van der Waals surface area contributed by atoms with E-state index in [0.29, 0.717) is 35.8 Å². The van der Waals surface area contributed by atoms with Crippen molar-refractivity contribution in [1.82, 2.24) is 15.1 Å². The third kappa shape index (κ3) is 4.63. The summed E-state index contributed by atoms with van der Waals surface area (Å²) in [6.45, 7) is 5.17. The molecule has 0 amide bonds. The lowest BCUT2D eigenvalue weighted by Crippen LogP contribution is -2.30. The first kappa shape index (κ1) is 20.3. The summed E-state index contributed by atoms with van der Waals surface area (Å²) in [7, 11) is 1.79. The van der Waals surface area contributed by atoms with E-state index in [0.717, 1.165) is 5.56 Å². The number of nitrogens with zero attached hydrogens (tertiary/aromatic N) is 2. The molecule has 0 atom stereocenters. The second kappa shape index (κ2) is 8.92. The fraction of sp³-hybridized carbons (Fsp3) is 0.412. The van der Waals surface area contributed by atoms with E-state index in [9.17, 15) is 9.18 Å². The maximum atomic E-state index is 13.6. The van der Waals surface area contributed by atoms with Crippen LogP contribution in [0.4, 0.5) is 4.39 Å². The van der Waals surface area contributed by atoms with Gasteiger partial charge in [0.1, 0.15) is 5.82 Å². The lowest BCUT2D eigenvalue weighted by atomic mass is 10.1. The molecule has 1 heterocycles. The van der Waals surface area contributed by atoms with Gasteiger partial charge in [-0.2, -0.15) is 5.10 Å². The number of rotatable bonds is 6. The van der Waals surface area contributed by atoms with Gasteiger partial charge in [-0.1, -0.05) is 13.8 Å².